The number of fused-ring (bicyclic) bond motifs is 10. The molecule has 0 amide bonds. The molecule has 0 N–H and O–H groups in total. The van der Waals surface area contributed by atoms with E-state index in [1.54, 1.807) is 0 Å². The third-order valence-corrected chi connectivity index (χ3v) is 11.0. The van der Waals surface area contributed by atoms with E-state index in [1.165, 1.54) is 80.1 Å². The number of anilines is 3. The van der Waals surface area contributed by atoms with Crippen molar-refractivity contribution in [1.29, 1.82) is 0 Å². The third kappa shape index (κ3) is 4.24. The van der Waals surface area contributed by atoms with Crippen molar-refractivity contribution >= 4 is 91.7 Å². The quantitative estimate of drug-likeness (QED) is 0.176. The predicted molar refractivity (Wildman–Crippen MR) is 209 cm³/mol. The van der Waals surface area contributed by atoms with Crippen LogP contribution in [0.4, 0.5) is 17.1 Å². The average Bonchev–Trinajstić information content (AvgIpc) is 3.54. The molecule has 0 bridgehead atoms. The summed E-state index contributed by atoms with van der Waals surface area (Å²) >= 11 is 1.89. The molecule has 0 saturated carbocycles. The molecule has 0 spiro atoms. The van der Waals surface area contributed by atoms with Crippen LogP contribution in [0.5, 0.6) is 0 Å². The van der Waals surface area contributed by atoms with Crippen LogP contribution in [0.2, 0.25) is 0 Å². The second kappa shape index (κ2) is 10.8. The fourth-order valence-corrected chi connectivity index (χ4v) is 8.80. The lowest BCUT2D eigenvalue weighted by Gasteiger charge is -2.28. The zero-order valence-corrected chi connectivity index (χ0v) is 26.9. The molecule has 0 radical (unpaired) electrons. The highest BCUT2D eigenvalue weighted by Gasteiger charge is 2.20. The second-order valence-corrected chi connectivity index (χ2v) is 13.6. The smallest absolute Gasteiger partial charge is 0.0546 e. The van der Waals surface area contributed by atoms with Gasteiger partial charge in [0.2, 0.25) is 0 Å². The monoisotopic (exact) mass is 627 g/mol. The molecule has 10 rings (SSSR count). The summed E-state index contributed by atoms with van der Waals surface area (Å²) in [7, 11) is 0. The van der Waals surface area contributed by atoms with Crippen LogP contribution in [0.1, 0.15) is 0 Å². The van der Waals surface area contributed by atoms with Crippen LogP contribution in [0, 0.1) is 0 Å². The molecule has 2 heteroatoms. The molecular formula is C46H29NS. The van der Waals surface area contributed by atoms with E-state index in [2.05, 4.69) is 181 Å². The normalized spacial score (nSPS) is 11.8. The van der Waals surface area contributed by atoms with E-state index in [-0.39, 0.29) is 0 Å². The molecule has 10 aromatic rings. The summed E-state index contributed by atoms with van der Waals surface area (Å²) in [6.45, 7) is 0. The Morgan fingerprint density at radius 3 is 1.92 bits per heavy atom. The van der Waals surface area contributed by atoms with Gasteiger partial charge in [0.25, 0.3) is 0 Å². The van der Waals surface area contributed by atoms with Crippen LogP contribution < -0.4 is 4.90 Å². The van der Waals surface area contributed by atoms with Gasteiger partial charge in [0.15, 0.2) is 0 Å². The summed E-state index contributed by atoms with van der Waals surface area (Å²) in [6.07, 6.45) is 0. The predicted octanol–water partition coefficient (Wildman–Crippen LogP) is 13.8. The van der Waals surface area contributed by atoms with Gasteiger partial charge >= 0.3 is 0 Å². The van der Waals surface area contributed by atoms with E-state index in [9.17, 15) is 0 Å². The van der Waals surface area contributed by atoms with E-state index in [0.29, 0.717) is 0 Å². The lowest BCUT2D eigenvalue weighted by Crippen LogP contribution is -2.11. The molecule has 0 atom stereocenters. The fourth-order valence-electron chi connectivity index (χ4n) is 7.56. The molecule has 1 aromatic heterocycles. The average molecular weight is 628 g/mol. The van der Waals surface area contributed by atoms with E-state index >= 15 is 0 Å². The van der Waals surface area contributed by atoms with E-state index in [1.807, 2.05) is 11.3 Å². The van der Waals surface area contributed by atoms with Crippen molar-refractivity contribution in [2.75, 3.05) is 4.90 Å². The molecule has 0 saturated heterocycles. The zero-order chi connectivity index (χ0) is 31.6. The van der Waals surface area contributed by atoms with Crippen LogP contribution in [0.3, 0.4) is 0 Å². The van der Waals surface area contributed by atoms with Crippen molar-refractivity contribution in [3.8, 4) is 11.1 Å². The largest absolute Gasteiger partial charge is 0.310 e. The minimum absolute atomic E-state index is 1.13. The Hall–Kier alpha value is -5.96. The summed E-state index contributed by atoms with van der Waals surface area (Å²) in [5.74, 6) is 0. The number of hydrogen-bond acceptors (Lipinski definition) is 2. The molecule has 9 aromatic carbocycles. The van der Waals surface area contributed by atoms with Gasteiger partial charge in [-0.25, -0.2) is 0 Å². The molecule has 48 heavy (non-hydrogen) atoms. The van der Waals surface area contributed by atoms with Crippen LogP contribution in [-0.4, -0.2) is 0 Å². The Labute approximate surface area is 282 Å². The highest BCUT2D eigenvalue weighted by Crippen LogP contribution is 2.46. The van der Waals surface area contributed by atoms with Gasteiger partial charge < -0.3 is 4.90 Å². The summed E-state index contributed by atoms with van der Waals surface area (Å²) in [5, 5.41) is 12.8. The third-order valence-electron chi connectivity index (χ3n) is 9.78. The van der Waals surface area contributed by atoms with Crippen molar-refractivity contribution < 1.29 is 0 Å². The molecule has 224 valence electrons. The van der Waals surface area contributed by atoms with Gasteiger partial charge in [0, 0.05) is 36.9 Å². The molecule has 0 aliphatic rings. The highest BCUT2D eigenvalue weighted by molar-refractivity contribution is 7.26. The maximum Gasteiger partial charge on any atom is 0.0546 e. The summed E-state index contributed by atoms with van der Waals surface area (Å²) in [6, 6.07) is 64.5. The van der Waals surface area contributed by atoms with Gasteiger partial charge in [-0.15, -0.1) is 11.3 Å². The zero-order valence-electron chi connectivity index (χ0n) is 26.1. The second-order valence-electron chi connectivity index (χ2n) is 12.5. The maximum absolute atomic E-state index is 2.46. The first-order valence-corrected chi connectivity index (χ1v) is 17.2. The highest BCUT2D eigenvalue weighted by atomic mass is 32.1. The van der Waals surface area contributed by atoms with Crippen molar-refractivity contribution in [3.05, 3.63) is 176 Å². The molecule has 0 fully saturated rings. The molecule has 0 unspecified atom stereocenters. The number of nitrogens with zero attached hydrogens (tertiary/aromatic N) is 1. The lowest BCUT2D eigenvalue weighted by molar-refractivity contribution is 1.31. The standard InChI is InChI=1S/C46H29NS/c1-2-11-30(12-3-1)32-14-10-15-35(27-32)47(36-24-26-38-33(28-36)23-25-42-40-18-8-9-20-44(40)48-46(38)42)43-29-34-22-21-31-13-4-5-16-37(31)45(34)41-19-7-6-17-39(41)43/h1-29H. The van der Waals surface area contributed by atoms with Crippen molar-refractivity contribution in [1.82, 2.24) is 0 Å². The van der Waals surface area contributed by atoms with Gasteiger partial charge in [-0.3, -0.25) is 0 Å². The van der Waals surface area contributed by atoms with Gasteiger partial charge in [-0.2, -0.15) is 0 Å². The van der Waals surface area contributed by atoms with Crippen molar-refractivity contribution in [3.63, 3.8) is 0 Å². The van der Waals surface area contributed by atoms with E-state index < -0.39 is 0 Å². The minimum Gasteiger partial charge on any atom is -0.310 e. The van der Waals surface area contributed by atoms with Gasteiger partial charge in [-0.05, 0) is 85.2 Å². The lowest BCUT2D eigenvalue weighted by atomic mass is 9.94. The van der Waals surface area contributed by atoms with Gasteiger partial charge in [0.05, 0.1) is 5.69 Å². The molecule has 0 aliphatic heterocycles. The Morgan fingerprint density at radius 2 is 1.02 bits per heavy atom. The van der Waals surface area contributed by atoms with Crippen LogP contribution in [0.15, 0.2) is 176 Å². The number of benzene rings is 9. The Morgan fingerprint density at radius 1 is 0.354 bits per heavy atom. The molecular weight excluding hydrogens is 599 g/mol. The summed E-state index contributed by atoms with van der Waals surface area (Å²) in [5.41, 5.74) is 5.84. The van der Waals surface area contributed by atoms with Crippen molar-refractivity contribution in [2.24, 2.45) is 0 Å². The Kier molecular flexibility index (Phi) is 6.12. The topological polar surface area (TPSA) is 3.24 Å². The SMILES string of the molecule is c1ccc(-c2cccc(N(c3ccc4c(ccc5c6ccccc6sc45)c3)c3cc4ccc5ccccc5c4c4ccccc34)c2)cc1. The first-order valence-electron chi connectivity index (χ1n) is 16.4. The number of rotatable bonds is 4. The van der Waals surface area contributed by atoms with E-state index in [0.717, 1.165) is 11.4 Å². The Bertz CT molecular complexity index is 2850. The van der Waals surface area contributed by atoms with Gasteiger partial charge in [-0.1, -0.05) is 140 Å². The summed E-state index contributed by atoms with van der Waals surface area (Å²) < 4.78 is 2.68. The first kappa shape index (κ1) is 27.2. The molecule has 1 heterocycles. The fraction of sp³-hybridized carbons (Fsp3) is 0. The van der Waals surface area contributed by atoms with Crippen molar-refractivity contribution in [2.45, 2.75) is 0 Å². The first-order chi connectivity index (χ1) is 23.8. The van der Waals surface area contributed by atoms with E-state index in [4.69, 9.17) is 0 Å². The van der Waals surface area contributed by atoms with Crippen LogP contribution in [0.25, 0.3) is 74.4 Å². The van der Waals surface area contributed by atoms with Gasteiger partial charge in [0.1, 0.15) is 0 Å². The summed E-state index contributed by atoms with van der Waals surface area (Å²) in [4.78, 5) is 2.46. The Balaban J connectivity index is 1.26. The maximum atomic E-state index is 2.46. The molecule has 0 aliphatic carbocycles. The number of hydrogen-bond donors (Lipinski definition) is 0. The number of thiophene rings is 1. The van der Waals surface area contributed by atoms with Crippen LogP contribution >= 0.6 is 11.3 Å². The van der Waals surface area contributed by atoms with Crippen LogP contribution in [-0.2, 0) is 0 Å². The minimum atomic E-state index is 1.13. The molecule has 1 nitrogen and oxygen atoms in total.